The predicted molar refractivity (Wildman–Crippen MR) is 136 cm³/mol. The molecule has 1 aromatic carbocycles. The molecule has 3 aromatic heterocycles. The number of thiophene rings is 1. The van der Waals surface area contributed by atoms with Crippen molar-refractivity contribution in [2.75, 3.05) is 14.1 Å². The van der Waals surface area contributed by atoms with E-state index >= 15 is 0 Å². The SMILES string of the molecule is Cc1cc(-c2cc(C(=O)NCc3ccc(C(=O)N(C)C)cc3)c3cnn(C(C)C)c3n2)c(C)s1. The number of hydrogen-bond donors (Lipinski definition) is 1. The summed E-state index contributed by atoms with van der Waals surface area (Å²) in [6, 6.07) is 11.4. The summed E-state index contributed by atoms with van der Waals surface area (Å²) < 4.78 is 1.85. The van der Waals surface area contributed by atoms with Gasteiger partial charge in [0, 0.05) is 47.6 Å². The van der Waals surface area contributed by atoms with Crippen LogP contribution in [-0.2, 0) is 6.54 Å². The van der Waals surface area contributed by atoms with Gasteiger partial charge in [-0.2, -0.15) is 5.10 Å². The largest absolute Gasteiger partial charge is 0.348 e. The van der Waals surface area contributed by atoms with Crippen LogP contribution in [0, 0.1) is 13.8 Å². The lowest BCUT2D eigenvalue weighted by atomic mass is 10.1. The van der Waals surface area contributed by atoms with E-state index in [1.807, 2.05) is 36.7 Å². The number of amides is 2. The lowest BCUT2D eigenvalue weighted by Gasteiger charge is -2.12. The van der Waals surface area contributed by atoms with Crippen molar-refractivity contribution in [3.05, 3.63) is 69.0 Å². The predicted octanol–water partition coefficient (Wildman–Crippen LogP) is 4.99. The summed E-state index contributed by atoms with van der Waals surface area (Å²) >= 11 is 1.72. The van der Waals surface area contributed by atoms with Crippen molar-refractivity contribution in [1.82, 2.24) is 25.0 Å². The molecular formula is C26H29N5O2S. The molecule has 4 rings (SSSR count). The third-order valence-corrected chi connectivity index (χ3v) is 6.64. The number of nitrogens with zero attached hydrogens (tertiary/aromatic N) is 4. The van der Waals surface area contributed by atoms with Gasteiger partial charge in [-0.15, -0.1) is 11.3 Å². The minimum Gasteiger partial charge on any atom is -0.348 e. The van der Waals surface area contributed by atoms with E-state index in [-0.39, 0.29) is 17.9 Å². The van der Waals surface area contributed by atoms with E-state index in [2.05, 4.69) is 30.3 Å². The van der Waals surface area contributed by atoms with Gasteiger partial charge in [-0.25, -0.2) is 9.67 Å². The Morgan fingerprint density at radius 1 is 1.12 bits per heavy atom. The highest BCUT2D eigenvalue weighted by atomic mass is 32.1. The van der Waals surface area contributed by atoms with Gasteiger partial charge >= 0.3 is 0 Å². The molecule has 0 aliphatic heterocycles. The number of hydrogen-bond acceptors (Lipinski definition) is 5. The third-order valence-electron chi connectivity index (χ3n) is 5.68. The van der Waals surface area contributed by atoms with Crippen LogP contribution in [0.1, 0.15) is 55.9 Å². The highest BCUT2D eigenvalue weighted by Crippen LogP contribution is 2.32. The number of pyridine rings is 1. The first kappa shape index (κ1) is 23.6. The van der Waals surface area contributed by atoms with Gasteiger partial charge in [-0.1, -0.05) is 12.1 Å². The Hall–Kier alpha value is -3.52. The molecule has 0 bridgehead atoms. The van der Waals surface area contributed by atoms with Crippen molar-refractivity contribution in [2.45, 2.75) is 40.3 Å². The van der Waals surface area contributed by atoms with Crippen molar-refractivity contribution >= 4 is 34.2 Å². The fourth-order valence-corrected chi connectivity index (χ4v) is 4.84. The molecule has 0 saturated heterocycles. The van der Waals surface area contributed by atoms with Gasteiger partial charge < -0.3 is 10.2 Å². The molecule has 1 N–H and O–H groups in total. The molecule has 8 heteroatoms. The Bertz CT molecular complexity index is 1370. The zero-order valence-electron chi connectivity index (χ0n) is 20.3. The van der Waals surface area contributed by atoms with E-state index in [0.29, 0.717) is 23.3 Å². The van der Waals surface area contributed by atoms with Crippen LogP contribution in [0.25, 0.3) is 22.3 Å². The summed E-state index contributed by atoms with van der Waals surface area (Å²) in [4.78, 5) is 34.2. The topological polar surface area (TPSA) is 80.1 Å². The Kier molecular flexibility index (Phi) is 6.52. The van der Waals surface area contributed by atoms with E-state index in [0.717, 1.165) is 22.2 Å². The Morgan fingerprint density at radius 2 is 1.82 bits per heavy atom. The molecule has 0 spiro atoms. The zero-order valence-corrected chi connectivity index (χ0v) is 21.2. The standard InChI is InChI=1S/C26H29N5O2S/c1-15(2)31-24-22(14-28-31)21(12-23(29-24)20-11-16(3)34-17(20)4)25(32)27-13-18-7-9-19(10-8-18)26(33)30(5)6/h7-12,14-15H,13H2,1-6H3,(H,27,32). The van der Waals surface area contributed by atoms with Gasteiger partial charge in [-0.3, -0.25) is 9.59 Å². The average Bonchev–Trinajstić information content (AvgIpc) is 3.38. The zero-order chi connectivity index (χ0) is 24.6. The summed E-state index contributed by atoms with van der Waals surface area (Å²) in [5.74, 6) is -0.238. The lowest BCUT2D eigenvalue weighted by molar-refractivity contribution is 0.0827. The molecule has 7 nitrogen and oxygen atoms in total. The normalized spacial score (nSPS) is 11.3. The molecule has 0 unspecified atom stereocenters. The fourth-order valence-electron chi connectivity index (χ4n) is 3.91. The molecule has 0 atom stereocenters. The van der Waals surface area contributed by atoms with Crippen molar-refractivity contribution in [3.63, 3.8) is 0 Å². The van der Waals surface area contributed by atoms with Crippen LogP contribution in [0.15, 0.2) is 42.6 Å². The first-order valence-electron chi connectivity index (χ1n) is 11.2. The van der Waals surface area contributed by atoms with E-state index in [1.165, 1.54) is 14.7 Å². The molecule has 3 heterocycles. The fraction of sp³-hybridized carbons (Fsp3) is 0.308. The van der Waals surface area contributed by atoms with Crippen LogP contribution in [0.2, 0.25) is 0 Å². The number of fused-ring (bicyclic) bond motifs is 1. The maximum absolute atomic E-state index is 13.3. The summed E-state index contributed by atoms with van der Waals surface area (Å²) in [7, 11) is 3.45. The van der Waals surface area contributed by atoms with Crippen LogP contribution in [-0.4, -0.2) is 45.6 Å². The lowest BCUT2D eigenvalue weighted by Crippen LogP contribution is -2.24. The number of aromatic nitrogens is 3. The number of carbonyl (C=O) groups is 2. The first-order valence-corrected chi connectivity index (χ1v) is 12.0. The van der Waals surface area contributed by atoms with E-state index in [1.54, 1.807) is 43.8 Å². The van der Waals surface area contributed by atoms with E-state index < -0.39 is 0 Å². The molecule has 34 heavy (non-hydrogen) atoms. The second-order valence-electron chi connectivity index (χ2n) is 8.88. The number of aryl methyl sites for hydroxylation is 2. The summed E-state index contributed by atoms with van der Waals surface area (Å²) in [6.45, 7) is 8.59. The maximum Gasteiger partial charge on any atom is 0.253 e. The highest BCUT2D eigenvalue weighted by Gasteiger charge is 2.20. The van der Waals surface area contributed by atoms with Gasteiger partial charge in [-0.05, 0) is 57.5 Å². The first-order chi connectivity index (χ1) is 16.2. The van der Waals surface area contributed by atoms with Crippen molar-refractivity contribution in [3.8, 4) is 11.3 Å². The van der Waals surface area contributed by atoms with Gasteiger partial charge in [0.05, 0.1) is 22.8 Å². The molecule has 2 amide bonds. The number of carbonyl (C=O) groups excluding carboxylic acids is 2. The molecular weight excluding hydrogens is 446 g/mol. The Balaban J connectivity index is 1.65. The summed E-state index contributed by atoms with van der Waals surface area (Å²) in [5, 5.41) is 8.25. The van der Waals surface area contributed by atoms with Crippen molar-refractivity contribution < 1.29 is 9.59 Å². The van der Waals surface area contributed by atoms with Crippen LogP contribution in [0.3, 0.4) is 0 Å². The molecule has 0 aliphatic carbocycles. The second-order valence-corrected chi connectivity index (χ2v) is 10.3. The van der Waals surface area contributed by atoms with E-state index in [4.69, 9.17) is 4.98 Å². The van der Waals surface area contributed by atoms with Crippen LogP contribution in [0.4, 0.5) is 0 Å². The Morgan fingerprint density at radius 3 is 2.41 bits per heavy atom. The molecule has 0 fully saturated rings. The Labute approximate surface area is 203 Å². The molecule has 0 radical (unpaired) electrons. The van der Waals surface area contributed by atoms with Gasteiger partial charge in [0.2, 0.25) is 0 Å². The van der Waals surface area contributed by atoms with Gasteiger partial charge in [0.25, 0.3) is 11.8 Å². The van der Waals surface area contributed by atoms with Gasteiger partial charge in [0.15, 0.2) is 5.65 Å². The highest BCUT2D eigenvalue weighted by molar-refractivity contribution is 7.12. The third kappa shape index (κ3) is 4.59. The average molecular weight is 476 g/mol. The van der Waals surface area contributed by atoms with Crippen LogP contribution < -0.4 is 5.32 Å². The smallest absolute Gasteiger partial charge is 0.253 e. The summed E-state index contributed by atoms with van der Waals surface area (Å²) in [5.41, 5.74) is 4.59. The minimum atomic E-state index is -0.185. The van der Waals surface area contributed by atoms with Crippen LogP contribution >= 0.6 is 11.3 Å². The number of nitrogens with one attached hydrogen (secondary N) is 1. The number of rotatable bonds is 6. The monoisotopic (exact) mass is 475 g/mol. The molecule has 176 valence electrons. The molecule has 0 saturated carbocycles. The maximum atomic E-state index is 13.3. The van der Waals surface area contributed by atoms with Crippen LogP contribution in [0.5, 0.6) is 0 Å². The minimum absolute atomic E-state index is 0.0524. The summed E-state index contributed by atoms with van der Waals surface area (Å²) in [6.07, 6.45) is 1.72. The van der Waals surface area contributed by atoms with Crippen molar-refractivity contribution in [2.24, 2.45) is 0 Å². The molecule has 4 aromatic rings. The van der Waals surface area contributed by atoms with E-state index in [9.17, 15) is 9.59 Å². The molecule has 0 aliphatic rings. The second kappa shape index (κ2) is 9.38. The van der Waals surface area contributed by atoms with Crippen molar-refractivity contribution in [1.29, 1.82) is 0 Å². The van der Waals surface area contributed by atoms with Gasteiger partial charge in [0.1, 0.15) is 0 Å². The quantitative estimate of drug-likeness (QED) is 0.426. The number of benzene rings is 1.